The molecule has 0 atom stereocenters. The number of hydrogen-bond acceptors (Lipinski definition) is 3. The van der Waals surface area contributed by atoms with Crippen molar-refractivity contribution < 1.29 is 30.4 Å². The molecule has 4 aromatic heterocycles. The van der Waals surface area contributed by atoms with Gasteiger partial charge in [-0.1, -0.05) is 98.3 Å². The smallest absolute Gasteiger partial charge is 0.267 e. The molecule has 0 bridgehead atoms. The van der Waals surface area contributed by atoms with E-state index in [1.54, 1.807) is 12.4 Å². The number of ether oxygens (including phenoxy) is 1. The first-order valence-corrected chi connectivity index (χ1v) is 17.7. The maximum atomic E-state index is 6.44. The van der Waals surface area contributed by atoms with Crippen LogP contribution in [0.5, 0.6) is 11.5 Å². The molecule has 0 saturated carbocycles. The fourth-order valence-corrected chi connectivity index (χ4v) is 6.50. The third-order valence-corrected chi connectivity index (χ3v) is 9.80. The van der Waals surface area contributed by atoms with Crippen molar-refractivity contribution in [2.75, 3.05) is 0 Å². The minimum atomic E-state index is -0.0125. The fraction of sp³-hybridized carbons (Fsp3) is 0.311. The van der Waals surface area contributed by atoms with Crippen LogP contribution in [0.25, 0.3) is 39.0 Å². The van der Waals surface area contributed by atoms with Crippen LogP contribution in [0.1, 0.15) is 90.4 Å². The summed E-state index contributed by atoms with van der Waals surface area (Å²) in [5.41, 5.74) is 9.75. The molecule has 0 fully saturated rings. The van der Waals surface area contributed by atoms with Crippen LogP contribution in [0, 0.1) is 32.3 Å². The molecule has 0 unspecified atom stereocenters. The summed E-state index contributed by atoms with van der Waals surface area (Å²) in [4.78, 5) is 9.37. The average Bonchev–Trinajstić information content (AvgIpc) is 3.56. The van der Waals surface area contributed by atoms with Crippen LogP contribution in [-0.4, -0.2) is 19.1 Å². The number of hydrogen-bond donors (Lipinski definition) is 0. The zero-order valence-electron chi connectivity index (χ0n) is 32.0. The summed E-state index contributed by atoms with van der Waals surface area (Å²) in [6.45, 7) is 24.5. The van der Waals surface area contributed by atoms with Crippen LogP contribution in [0.15, 0.2) is 85.3 Å². The molecule has 0 aliphatic rings. The Labute approximate surface area is 322 Å². The number of para-hydroxylation sites is 1. The fourth-order valence-electron chi connectivity index (χ4n) is 6.50. The minimum absolute atomic E-state index is 0. The van der Waals surface area contributed by atoms with E-state index < -0.39 is 0 Å². The topological polar surface area (TPSA) is 48.8 Å². The van der Waals surface area contributed by atoms with Crippen LogP contribution >= 0.6 is 0 Å². The summed E-state index contributed by atoms with van der Waals surface area (Å²) >= 11 is 0. The monoisotopic (exact) mass is 868 g/mol. The van der Waals surface area contributed by atoms with Gasteiger partial charge in [-0.2, -0.15) is 6.07 Å². The van der Waals surface area contributed by atoms with Crippen LogP contribution in [-0.2, 0) is 37.3 Å². The second-order valence-electron chi connectivity index (χ2n) is 16.7. The van der Waals surface area contributed by atoms with Crippen molar-refractivity contribution in [2.45, 2.75) is 92.4 Å². The number of rotatable bonds is 5. The molecule has 7 heteroatoms. The van der Waals surface area contributed by atoms with E-state index in [0.717, 1.165) is 50.4 Å². The van der Waals surface area contributed by atoms with Crippen molar-refractivity contribution in [3.63, 3.8) is 0 Å². The van der Waals surface area contributed by atoms with E-state index in [-0.39, 0.29) is 37.3 Å². The third-order valence-electron chi connectivity index (χ3n) is 9.80. The molecule has 7 aromatic rings. The van der Waals surface area contributed by atoms with Crippen molar-refractivity contribution >= 4 is 21.8 Å². The van der Waals surface area contributed by atoms with Crippen LogP contribution < -0.4 is 9.30 Å². The van der Waals surface area contributed by atoms with Gasteiger partial charge in [0.1, 0.15) is 5.82 Å². The maximum absolute atomic E-state index is 6.44. The Morgan fingerprint density at radius 1 is 0.692 bits per heavy atom. The molecule has 0 spiro atoms. The largest absolute Gasteiger partial charge is 0.508 e. The number of pyridine rings is 2. The quantitative estimate of drug-likeness (QED) is 0.128. The molecule has 0 aliphatic heterocycles. The molecule has 0 amide bonds. The molecule has 0 aliphatic carbocycles. The van der Waals surface area contributed by atoms with E-state index in [2.05, 4.69) is 169 Å². The van der Waals surface area contributed by atoms with Gasteiger partial charge in [-0.15, -0.1) is 23.6 Å². The second-order valence-corrected chi connectivity index (χ2v) is 16.7. The van der Waals surface area contributed by atoms with Gasteiger partial charge in [0.15, 0.2) is 0 Å². The molecule has 0 N–H and O–H groups in total. The minimum Gasteiger partial charge on any atom is -0.508 e. The molecule has 3 aromatic carbocycles. The predicted molar refractivity (Wildman–Crippen MR) is 206 cm³/mol. The van der Waals surface area contributed by atoms with E-state index in [9.17, 15) is 0 Å². The van der Waals surface area contributed by atoms with Gasteiger partial charge in [0.25, 0.3) is 6.33 Å². The van der Waals surface area contributed by atoms with Crippen molar-refractivity contribution in [3.05, 3.63) is 132 Å². The van der Waals surface area contributed by atoms with Crippen LogP contribution in [0.3, 0.4) is 0 Å². The van der Waals surface area contributed by atoms with E-state index >= 15 is 0 Å². The van der Waals surface area contributed by atoms with Crippen molar-refractivity contribution in [1.29, 1.82) is 0 Å². The molecular formula is C45H47N5OPt-2. The molecule has 270 valence electrons. The van der Waals surface area contributed by atoms with Gasteiger partial charge in [-0.25, -0.2) is 4.98 Å². The Kier molecular flexibility index (Phi) is 9.63. The summed E-state index contributed by atoms with van der Waals surface area (Å²) in [5, 5.41) is 2.22. The van der Waals surface area contributed by atoms with E-state index in [0.29, 0.717) is 11.5 Å². The van der Waals surface area contributed by atoms with Crippen molar-refractivity contribution in [1.82, 2.24) is 19.1 Å². The van der Waals surface area contributed by atoms with Gasteiger partial charge in [0.05, 0.1) is 11.4 Å². The van der Waals surface area contributed by atoms with Crippen LogP contribution in [0.4, 0.5) is 0 Å². The van der Waals surface area contributed by atoms with Gasteiger partial charge in [-0.05, 0) is 94.4 Å². The Morgan fingerprint density at radius 3 is 2.04 bits per heavy atom. The molecule has 52 heavy (non-hydrogen) atoms. The Hall–Kier alpha value is -4.54. The molecule has 0 saturated heterocycles. The van der Waals surface area contributed by atoms with Gasteiger partial charge in [0.2, 0.25) is 0 Å². The molecule has 7 rings (SSSR count). The number of imidazole rings is 1. The Morgan fingerprint density at radius 2 is 1.37 bits per heavy atom. The Bertz CT molecular complexity index is 2400. The van der Waals surface area contributed by atoms with Gasteiger partial charge < -0.3 is 18.9 Å². The van der Waals surface area contributed by atoms with Crippen LogP contribution in [0.2, 0.25) is 0 Å². The summed E-state index contributed by atoms with van der Waals surface area (Å²) in [7, 11) is 0. The first-order chi connectivity index (χ1) is 24.0. The average molecular weight is 869 g/mol. The zero-order chi connectivity index (χ0) is 36.5. The second kappa shape index (κ2) is 13.5. The summed E-state index contributed by atoms with van der Waals surface area (Å²) in [6.07, 6.45) is 8.97. The van der Waals surface area contributed by atoms with E-state index in [1.165, 1.54) is 16.7 Å². The zero-order valence-corrected chi connectivity index (χ0v) is 34.3. The third kappa shape index (κ3) is 6.98. The molecule has 4 heterocycles. The number of nitrogens with zero attached hydrogens (tertiary/aromatic N) is 5. The first kappa shape index (κ1) is 37.2. The van der Waals surface area contributed by atoms with Gasteiger partial charge >= 0.3 is 0 Å². The van der Waals surface area contributed by atoms with E-state index in [4.69, 9.17) is 9.72 Å². The SMILES string of the molecule is Cc1c(C)[n+](-c2cc(C(C)(C)C)cc(C(C)(C)C)c2)[c-]n1-c1[c-]c(Oc2[c-]c3c(cc2)c2ccccc2n3-c2cc(C(C)(C)C)ccn2)cnc1.[Pt]. The summed E-state index contributed by atoms with van der Waals surface area (Å²) < 4.78 is 12.8. The normalized spacial score (nSPS) is 12.4. The standard InChI is InChI=1S/C45H47N5O.Pt/c1-29-30(2)49(28-48(29)34-21-32(44(6,7)8)20-33(22-34)45(9,10)11)35-24-37(27-46-26-35)51-36-16-17-39-38-14-12-13-15-40(38)50(41(39)25-36)42-23-31(18-19-47-42)43(3,4)5;/h12-23,26-27H,1-11H3;/q-2;. The van der Waals surface area contributed by atoms with Crippen molar-refractivity contribution in [3.8, 4) is 28.7 Å². The summed E-state index contributed by atoms with van der Waals surface area (Å²) in [5.74, 6) is 1.91. The van der Waals surface area contributed by atoms with Gasteiger partial charge in [0, 0.05) is 50.0 Å². The first-order valence-electron chi connectivity index (χ1n) is 17.7. The number of aromatic nitrogens is 5. The summed E-state index contributed by atoms with van der Waals surface area (Å²) in [6, 6.07) is 30.6. The van der Waals surface area contributed by atoms with Gasteiger partial charge in [-0.3, -0.25) is 4.57 Å². The van der Waals surface area contributed by atoms with Crippen molar-refractivity contribution in [2.24, 2.45) is 0 Å². The molecule has 6 nitrogen and oxygen atoms in total. The molecular weight excluding hydrogens is 822 g/mol. The maximum Gasteiger partial charge on any atom is 0.267 e. The number of benzene rings is 3. The number of fused-ring (bicyclic) bond motifs is 3. The predicted octanol–water partition coefficient (Wildman–Crippen LogP) is 10.3. The Balaban J connectivity index is 0.00000464. The molecule has 0 radical (unpaired) electrons. The van der Waals surface area contributed by atoms with E-state index in [1.807, 2.05) is 16.8 Å².